The number of rotatable bonds is 3. The zero-order chi connectivity index (χ0) is 15.1. The lowest BCUT2D eigenvalue weighted by molar-refractivity contribution is 0.288. The van der Waals surface area contributed by atoms with E-state index in [2.05, 4.69) is 41.5 Å². The Labute approximate surface area is 124 Å². The molecule has 0 fully saturated rings. The molecule has 110 valence electrons. The van der Waals surface area contributed by atoms with Crippen molar-refractivity contribution < 1.29 is 4.39 Å². The lowest BCUT2D eigenvalue weighted by Crippen LogP contribution is -2.29. The Kier molecular flexibility index (Phi) is 3.41. The molecule has 1 unspecified atom stereocenters. The van der Waals surface area contributed by atoms with Gasteiger partial charge in [0, 0.05) is 34.9 Å². The number of halogens is 1. The maximum atomic E-state index is 13.7. The fraction of sp³-hybridized carbons (Fsp3) is 0.353. The Morgan fingerprint density at radius 2 is 1.95 bits per heavy atom. The van der Waals surface area contributed by atoms with Gasteiger partial charge in [-0.3, -0.25) is 0 Å². The summed E-state index contributed by atoms with van der Waals surface area (Å²) in [5.41, 5.74) is 2.91. The molecule has 1 atom stereocenters. The predicted octanol–water partition coefficient (Wildman–Crippen LogP) is 3.59. The highest BCUT2D eigenvalue weighted by Gasteiger charge is 2.16. The van der Waals surface area contributed by atoms with Gasteiger partial charge in [-0.05, 0) is 34.0 Å². The smallest absolute Gasteiger partial charge is 0.213 e. The molecule has 0 aliphatic heterocycles. The zero-order valence-electron chi connectivity index (χ0n) is 12.9. The van der Waals surface area contributed by atoms with Crippen molar-refractivity contribution in [1.82, 2.24) is 14.5 Å². The Balaban J connectivity index is 2.34. The molecule has 1 aromatic carbocycles. The topological polar surface area (TPSA) is 21.1 Å². The molecule has 4 heteroatoms. The molecule has 0 amide bonds. The first-order valence-corrected chi connectivity index (χ1v) is 7.19. The molecule has 3 nitrogen and oxygen atoms in total. The normalized spacial score (nSPS) is 13.4. The molecule has 2 heterocycles. The van der Waals surface area contributed by atoms with Crippen LogP contribution < -0.4 is 0 Å². The third-order valence-corrected chi connectivity index (χ3v) is 4.22. The van der Waals surface area contributed by atoms with Gasteiger partial charge in [0.25, 0.3) is 0 Å². The van der Waals surface area contributed by atoms with Crippen LogP contribution in [0.4, 0.5) is 4.39 Å². The number of hydrogen-bond donors (Lipinski definition) is 0. The SMILES string of the molecule is Cc1nc(F)cc2c3ccccc3n(CC(C)N(C)C)c12. The van der Waals surface area contributed by atoms with E-state index in [0.29, 0.717) is 6.04 Å². The number of pyridine rings is 1. The molecular weight excluding hydrogens is 265 g/mol. The average Bonchev–Trinajstić information content (AvgIpc) is 2.74. The monoisotopic (exact) mass is 285 g/mol. The van der Waals surface area contributed by atoms with Crippen molar-refractivity contribution in [3.05, 3.63) is 42.0 Å². The average molecular weight is 285 g/mol. The van der Waals surface area contributed by atoms with Crippen molar-refractivity contribution in [2.45, 2.75) is 26.4 Å². The number of benzene rings is 1. The van der Waals surface area contributed by atoms with Gasteiger partial charge >= 0.3 is 0 Å². The van der Waals surface area contributed by atoms with Crippen molar-refractivity contribution in [1.29, 1.82) is 0 Å². The van der Waals surface area contributed by atoms with Gasteiger partial charge in [0.1, 0.15) is 0 Å². The van der Waals surface area contributed by atoms with Crippen LogP contribution in [0.1, 0.15) is 12.6 Å². The minimum absolute atomic E-state index is 0.383. The molecule has 0 radical (unpaired) electrons. The molecule has 21 heavy (non-hydrogen) atoms. The van der Waals surface area contributed by atoms with Crippen LogP contribution in [0.25, 0.3) is 21.8 Å². The molecule has 0 bridgehead atoms. The van der Waals surface area contributed by atoms with Gasteiger partial charge in [-0.2, -0.15) is 4.39 Å². The Hall–Kier alpha value is -1.94. The van der Waals surface area contributed by atoms with Crippen LogP contribution in [0.15, 0.2) is 30.3 Å². The van der Waals surface area contributed by atoms with Gasteiger partial charge in [0.15, 0.2) is 0 Å². The Bertz CT molecular complexity index is 805. The molecule has 0 spiro atoms. The molecule has 3 rings (SSSR count). The predicted molar refractivity (Wildman–Crippen MR) is 85.1 cm³/mol. The molecule has 2 aromatic heterocycles. The van der Waals surface area contributed by atoms with Crippen LogP contribution >= 0.6 is 0 Å². The lowest BCUT2D eigenvalue weighted by Gasteiger charge is -2.21. The molecule has 0 aliphatic rings. The van der Waals surface area contributed by atoms with Crippen molar-refractivity contribution in [2.75, 3.05) is 14.1 Å². The summed E-state index contributed by atoms with van der Waals surface area (Å²) in [5.74, 6) is -0.413. The van der Waals surface area contributed by atoms with Crippen molar-refractivity contribution in [3.8, 4) is 0 Å². The van der Waals surface area contributed by atoms with E-state index in [4.69, 9.17) is 0 Å². The van der Waals surface area contributed by atoms with E-state index in [0.717, 1.165) is 34.0 Å². The number of aromatic nitrogens is 2. The second kappa shape index (κ2) is 5.11. The number of fused-ring (bicyclic) bond motifs is 3. The van der Waals surface area contributed by atoms with Crippen LogP contribution in [0.2, 0.25) is 0 Å². The highest BCUT2D eigenvalue weighted by atomic mass is 19.1. The molecule has 0 saturated carbocycles. The van der Waals surface area contributed by atoms with Crippen LogP contribution in [0.5, 0.6) is 0 Å². The largest absolute Gasteiger partial charge is 0.337 e. The van der Waals surface area contributed by atoms with Crippen LogP contribution in [-0.2, 0) is 6.54 Å². The summed E-state index contributed by atoms with van der Waals surface area (Å²) in [6.45, 7) is 4.92. The Morgan fingerprint density at radius 3 is 2.67 bits per heavy atom. The summed E-state index contributed by atoms with van der Waals surface area (Å²) in [6, 6.07) is 10.1. The quantitative estimate of drug-likeness (QED) is 0.686. The first-order chi connectivity index (χ1) is 9.99. The number of nitrogens with zero attached hydrogens (tertiary/aromatic N) is 3. The fourth-order valence-corrected chi connectivity index (χ4v) is 2.85. The second-order valence-electron chi connectivity index (χ2n) is 5.87. The standard InChI is InChI=1S/C17H20FN3/c1-11(20(3)4)10-21-15-8-6-5-7-13(15)14-9-16(18)19-12(2)17(14)21/h5-9,11H,10H2,1-4H3. The van der Waals surface area contributed by atoms with Gasteiger partial charge in [0.2, 0.25) is 5.95 Å². The van der Waals surface area contributed by atoms with E-state index in [-0.39, 0.29) is 0 Å². The van der Waals surface area contributed by atoms with Crippen molar-refractivity contribution in [2.24, 2.45) is 0 Å². The molecule has 0 N–H and O–H groups in total. The zero-order valence-corrected chi connectivity index (χ0v) is 12.9. The van der Waals surface area contributed by atoms with E-state index in [1.165, 1.54) is 0 Å². The number of para-hydroxylation sites is 1. The van der Waals surface area contributed by atoms with Gasteiger partial charge < -0.3 is 9.47 Å². The maximum Gasteiger partial charge on any atom is 0.213 e. The van der Waals surface area contributed by atoms with Gasteiger partial charge in [-0.15, -0.1) is 0 Å². The van der Waals surface area contributed by atoms with Crippen molar-refractivity contribution >= 4 is 21.8 Å². The number of likely N-dealkylation sites (N-methyl/N-ethyl adjacent to an activating group) is 1. The van der Waals surface area contributed by atoms with E-state index >= 15 is 0 Å². The summed E-state index contributed by atoms with van der Waals surface area (Å²) in [6.07, 6.45) is 0. The Morgan fingerprint density at radius 1 is 1.24 bits per heavy atom. The number of aryl methyl sites for hydroxylation is 1. The minimum Gasteiger partial charge on any atom is -0.337 e. The van der Waals surface area contributed by atoms with Gasteiger partial charge in [-0.25, -0.2) is 4.98 Å². The van der Waals surface area contributed by atoms with Gasteiger partial charge in [-0.1, -0.05) is 18.2 Å². The molecule has 0 saturated heterocycles. The molecular formula is C17H20FN3. The lowest BCUT2D eigenvalue weighted by atomic mass is 10.2. The third kappa shape index (κ3) is 2.29. The van der Waals surface area contributed by atoms with E-state index in [1.54, 1.807) is 6.07 Å². The molecule has 3 aromatic rings. The fourth-order valence-electron chi connectivity index (χ4n) is 2.85. The van der Waals surface area contributed by atoms with Gasteiger partial charge in [0.05, 0.1) is 11.2 Å². The van der Waals surface area contributed by atoms with Crippen molar-refractivity contribution in [3.63, 3.8) is 0 Å². The molecule has 0 aliphatic carbocycles. The van der Waals surface area contributed by atoms with Crippen LogP contribution in [0, 0.1) is 12.9 Å². The summed E-state index contributed by atoms with van der Waals surface area (Å²) in [4.78, 5) is 6.20. The summed E-state index contributed by atoms with van der Waals surface area (Å²) in [5, 5.41) is 2.03. The second-order valence-corrected chi connectivity index (χ2v) is 5.87. The first kappa shape index (κ1) is 14.0. The van der Waals surface area contributed by atoms with Crippen LogP contribution in [0.3, 0.4) is 0 Å². The first-order valence-electron chi connectivity index (χ1n) is 7.19. The number of hydrogen-bond acceptors (Lipinski definition) is 2. The summed E-state index contributed by atoms with van der Waals surface area (Å²) >= 11 is 0. The van der Waals surface area contributed by atoms with E-state index < -0.39 is 5.95 Å². The maximum absolute atomic E-state index is 13.7. The summed E-state index contributed by atoms with van der Waals surface area (Å²) in [7, 11) is 4.15. The minimum atomic E-state index is -0.413. The highest BCUT2D eigenvalue weighted by molar-refractivity contribution is 6.08. The van der Waals surface area contributed by atoms with E-state index in [9.17, 15) is 4.39 Å². The summed E-state index contributed by atoms with van der Waals surface area (Å²) < 4.78 is 16.0. The highest BCUT2D eigenvalue weighted by Crippen LogP contribution is 2.31. The third-order valence-electron chi connectivity index (χ3n) is 4.22. The van der Waals surface area contributed by atoms with Crippen LogP contribution in [-0.4, -0.2) is 34.6 Å². The van der Waals surface area contributed by atoms with E-state index in [1.807, 2.05) is 25.1 Å².